The van der Waals surface area contributed by atoms with Gasteiger partial charge in [0.1, 0.15) is 12.4 Å². The lowest BCUT2D eigenvalue weighted by Crippen LogP contribution is -2.33. The highest BCUT2D eigenvalue weighted by atomic mass is 32.2. The summed E-state index contributed by atoms with van der Waals surface area (Å²) >= 11 is 0. The first kappa shape index (κ1) is 22.4. The van der Waals surface area contributed by atoms with E-state index in [0.717, 1.165) is 23.1 Å². The standard InChI is InChI=1S/C24H26N2O4S/c1-19-12-14-21(15-13-19)30-17-16-25-24(27)22-10-6-7-11-23(22)26(31(2,28)29)18-20-8-4-3-5-9-20/h3-15H,16-18H2,1-2H3,(H,25,27). The van der Waals surface area contributed by atoms with Crippen molar-refractivity contribution < 1.29 is 17.9 Å². The van der Waals surface area contributed by atoms with Crippen LogP contribution in [0.3, 0.4) is 0 Å². The van der Waals surface area contributed by atoms with Crippen LogP contribution in [0.25, 0.3) is 0 Å². The molecule has 0 saturated carbocycles. The second-order valence-electron chi connectivity index (χ2n) is 7.19. The third-order valence-electron chi connectivity index (χ3n) is 4.66. The van der Waals surface area contributed by atoms with Gasteiger partial charge in [0, 0.05) is 0 Å². The van der Waals surface area contributed by atoms with E-state index in [1.807, 2.05) is 61.5 Å². The number of carbonyl (C=O) groups excluding carboxylic acids is 1. The van der Waals surface area contributed by atoms with E-state index in [0.29, 0.717) is 24.4 Å². The van der Waals surface area contributed by atoms with Crippen LogP contribution >= 0.6 is 0 Å². The van der Waals surface area contributed by atoms with Crippen LogP contribution in [-0.2, 0) is 16.6 Å². The van der Waals surface area contributed by atoms with Crippen molar-refractivity contribution in [2.24, 2.45) is 0 Å². The van der Waals surface area contributed by atoms with Gasteiger partial charge in [0.15, 0.2) is 0 Å². The number of aryl methyl sites for hydroxylation is 1. The van der Waals surface area contributed by atoms with E-state index in [4.69, 9.17) is 4.74 Å². The lowest BCUT2D eigenvalue weighted by molar-refractivity contribution is 0.0947. The highest BCUT2D eigenvalue weighted by Gasteiger charge is 2.23. The Kier molecular flexibility index (Phi) is 7.31. The summed E-state index contributed by atoms with van der Waals surface area (Å²) in [5, 5.41) is 2.81. The van der Waals surface area contributed by atoms with Gasteiger partial charge in [-0.15, -0.1) is 0 Å². The summed E-state index contributed by atoms with van der Waals surface area (Å²) in [6.45, 7) is 2.73. The number of nitrogens with zero attached hydrogens (tertiary/aromatic N) is 1. The van der Waals surface area contributed by atoms with Gasteiger partial charge in [-0.25, -0.2) is 8.42 Å². The van der Waals surface area contributed by atoms with Crippen molar-refractivity contribution in [3.05, 3.63) is 95.6 Å². The van der Waals surface area contributed by atoms with Crippen LogP contribution in [-0.4, -0.2) is 33.7 Å². The van der Waals surface area contributed by atoms with Crippen LogP contribution in [0.5, 0.6) is 5.75 Å². The predicted molar refractivity (Wildman–Crippen MR) is 123 cm³/mol. The number of hydrogen-bond acceptors (Lipinski definition) is 4. The number of sulfonamides is 1. The lowest BCUT2D eigenvalue weighted by atomic mass is 10.1. The summed E-state index contributed by atoms with van der Waals surface area (Å²) in [4.78, 5) is 12.8. The van der Waals surface area contributed by atoms with Crippen molar-refractivity contribution in [1.29, 1.82) is 0 Å². The van der Waals surface area contributed by atoms with Crippen LogP contribution < -0.4 is 14.4 Å². The second kappa shape index (κ2) is 10.1. The highest BCUT2D eigenvalue weighted by Crippen LogP contribution is 2.25. The van der Waals surface area contributed by atoms with Crippen molar-refractivity contribution in [3.63, 3.8) is 0 Å². The molecule has 162 valence electrons. The fourth-order valence-electron chi connectivity index (χ4n) is 3.08. The largest absolute Gasteiger partial charge is 0.492 e. The first-order valence-corrected chi connectivity index (χ1v) is 11.8. The Balaban J connectivity index is 1.71. The van der Waals surface area contributed by atoms with E-state index in [2.05, 4.69) is 5.32 Å². The topological polar surface area (TPSA) is 75.7 Å². The van der Waals surface area contributed by atoms with Crippen molar-refractivity contribution in [1.82, 2.24) is 5.32 Å². The number of para-hydroxylation sites is 1. The van der Waals surface area contributed by atoms with Crippen molar-refractivity contribution in [2.45, 2.75) is 13.5 Å². The monoisotopic (exact) mass is 438 g/mol. The molecule has 0 fully saturated rings. The van der Waals surface area contributed by atoms with E-state index < -0.39 is 10.0 Å². The molecule has 0 spiro atoms. The Morgan fingerprint density at radius 2 is 1.58 bits per heavy atom. The third-order valence-corrected chi connectivity index (χ3v) is 5.79. The normalized spacial score (nSPS) is 11.0. The molecule has 1 amide bonds. The Morgan fingerprint density at radius 1 is 0.935 bits per heavy atom. The van der Waals surface area contributed by atoms with Crippen LogP contribution in [0.4, 0.5) is 5.69 Å². The molecular weight excluding hydrogens is 412 g/mol. The number of carbonyl (C=O) groups is 1. The van der Waals surface area contributed by atoms with Crippen LogP contribution in [0.15, 0.2) is 78.9 Å². The molecule has 0 aliphatic carbocycles. The predicted octanol–water partition coefficient (Wildman–Crippen LogP) is 3.77. The Bertz CT molecular complexity index is 1110. The smallest absolute Gasteiger partial charge is 0.253 e. The average molecular weight is 439 g/mol. The summed E-state index contributed by atoms with van der Waals surface area (Å²) < 4.78 is 31.9. The number of ether oxygens (including phenoxy) is 1. The molecule has 1 N–H and O–H groups in total. The zero-order chi connectivity index (χ0) is 22.3. The maximum Gasteiger partial charge on any atom is 0.253 e. The van der Waals surface area contributed by atoms with E-state index in [-0.39, 0.29) is 12.5 Å². The molecule has 3 aromatic rings. The minimum Gasteiger partial charge on any atom is -0.492 e. The number of hydrogen-bond donors (Lipinski definition) is 1. The maximum atomic E-state index is 12.8. The maximum absolute atomic E-state index is 12.8. The second-order valence-corrected chi connectivity index (χ2v) is 9.10. The molecule has 7 heteroatoms. The van der Waals surface area contributed by atoms with Gasteiger partial charge in [-0.2, -0.15) is 0 Å². The molecule has 0 heterocycles. The number of nitrogens with one attached hydrogen (secondary N) is 1. The summed E-state index contributed by atoms with van der Waals surface area (Å²) in [6.07, 6.45) is 1.14. The van der Waals surface area contributed by atoms with E-state index >= 15 is 0 Å². The molecule has 0 unspecified atom stereocenters. The Labute approximate surface area is 183 Å². The number of anilines is 1. The van der Waals surface area contributed by atoms with Crippen LogP contribution in [0.1, 0.15) is 21.5 Å². The van der Waals surface area contributed by atoms with Gasteiger partial charge in [-0.05, 0) is 36.8 Å². The highest BCUT2D eigenvalue weighted by molar-refractivity contribution is 7.92. The van der Waals surface area contributed by atoms with E-state index in [1.165, 1.54) is 4.31 Å². The summed E-state index contributed by atoms with van der Waals surface area (Å²) in [5.74, 6) is 0.371. The Hall–Kier alpha value is -3.32. The van der Waals surface area contributed by atoms with Crippen LogP contribution in [0, 0.1) is 6.92 Å². The lowest BCUT2D eigenvalue weighted by Gasteiger charge is -2.24. The van der Waals surface area contributed by atoms with Gasteiger partial charge in [0.25, 0.3) is 5.91 Å². The molecule has 0 radical (unpaired) electrons. The SMILES string of the molecule is Cc1ccc(OCCNC(=O)c2ccccc2N(Cc2ccccc2)S(C)(=O)=O)cc1. The molecule has 0 aliphatic heterocycles. The molecule has 3 rings (SSSR count). The van der Waals surface area contributed by atoms with Crippen molar-refractivity contribution in [2.75, 3.05) is 23.7 Å². The molecular formula is C24H26N2O4S. The van der Waals surface area contributed by atoms with Crippen molar-refractivity contribution in [3.8, 4) is 5.75 Å². The molecule has 6 nitrogen and oxygen atoms in total. The summed E-state index contributed by atoms with van der Waals surface area (Å²) in [6, 6.07) is 23.6. The van der Waals surface area contributed by atoms with Gasteiger partial charge in [0.05, 0.1) is 30.6 Å². The minimum absolute atomic E-state index is 0.139. The molecule has 0 aromatic heterocycles. The van der Waals surface area contributed by atoms with E-state index in [9.17, 15) is 13.2 Å². The van der Waals surface area contributed by atoms with E-state index in [1.54, 1.807) is 24.3 Å². The van der Waals surface area contributed by atoms with Gasteiger partial charge in [-0.1, -0.05) is 60.2 Å². The molecule has 0 bridgehead atoms. The average Bonchev–Trinajstić information content (AvgIpc) is 2.76. The number of rotatable bonds is 9. The van der Waals surface area contributed by atoms with Gasteiger partial charge >= 0.3 is 0 Å². The first-order valence-electron chi connectivity index (χ1n) is 9.93. The number of amides is 1. The third kappa shape index (κ3) is 6.33. The molecule has 0 aliphatic rings. The first-order chi connectivity index (χ1) is 14.8. The fourth-order valence-corrected chi connectivity index (χ4v) is 3.98. The molecule has 31 heavy (non-hydrogen) atoms. The van der Waals surface area contributed by atoms with Gasteiger partial charge in [0.2, 0.25) is 10.0 Å². The van der Waals surface area contributed by atoms with Crippen molar-refractivity contribution >= 4 is 21.6 Å². The zero-order valence-electron chi connectivity index (χ0n) is 17.6. The van der Waals surface area contributed by atoms with Gasteiger partial charge in [-0.3, -0.25) is 9.10 Å². The molecule has 0 atom stereocenters. The molecule has 0 saturated heterocycles. The minimum atomic E-state index is -3.61. The number of benzene rings is 3. The van der Waals surface area contributed by atoms with Gasteiger partial charge < -0.3 is 10.1 Å². The van der Waals surface area contributed by atoms with Crippen LogP contribution in [0.2, 0.25) is 0 Å². The molecule has 3 aromatic carbocycles. The quantitative estimate of drug-likeness (QED) is 0.516. The fraction of sp³-hybridized carbons (Fsp3) is 0.208. The summed E-state index contributed by atoms with van der Waals surface area (Å²) in [7, 11) is -3.61. The summed E-state index contributed by atoms with van der Waals surface area (Å²) in [5.41, 5.74) is 2.60. The zero-order valence-corrected chi connectivity index (χ0v) is 18.4. The Morgan fingerprint density at radius 3 is 2.26 bits per heavy atom.